The van der Waals surface area contributed by atoms with Gasteiger partial charge in [0.05, 0.1) is 31.1 Å². The van der Waals surface area contributed by atoms with E-state index in [1.165, 1.54) is 11.8 Å². The van der Waals surface area contributed by atoms with Gasteiger partial charge in [-0.2, -0.15) is 0 Å². The predicted molar refractivity (Wildman–Crippen MR) is 86.5 cm³/mol. The van der Waals surface area contributed by atoms with E-state index in [9.17, 15) is 4.79 Å². The summed E-state index contributed by atoms with van der Waals surface area (Å²) < 4.78 is 13.2. The van der Waals surface area contributed by atoms with Crippen LogP contribution in [0, 0.1) is 0 Å². The maximum atomic E-state index is 11.4. The molecule has 2 N–H and O–H groups in total. The van der Waals surface area contributed by atoms with Crippen LogP contribution in [0.2, 0.25) is 0 Å². The number of rotatable bonds is 6. The summed E-state index contributed by atoms with van der Waals surface area (Å²) >= 11 is 1.35. The second-order valence-electron chi connectivity index (χ2n) is 5.79. The van der Waals surface area contributed by atoms with Crippen LogP contribution in [0.5, 0.6) is 0 Å². The van der Waals surface area contributed by atoms with Gasteiger partial charge < -0.3 is 20.1 Å². The molecule has 0 unspecified atom stereocenters. The number of primary amides is 1. The van der Waals surface area contributed by atoms with Crippen LogP contribution in [-0.2, 0) is 20.8 Å². The summed E-state index contributed by atoms with van der Waals surface area (Å²) in [4.78, 5) is 13.5. The standard InChI is InChI=1S/C14H23N5O3S/c1-10(12(15)20)23-14-17-16-13(18-4-7-21-8-5-18)19(14)9-11-3-2-6-22-11/h10-11H,2-9H2,1H3,(H2,15,20)/t10-,11+/m1/s1. The molecule has 0 aromatic carbocycles. The van der Waals surface area contributed by atoms with Crippen molar-refractivity contribution in [3.8, 4) is 0 Å². The van der Waals surface area contributed by atoms with Gasteiger partial charge in [-0.05, 0) is 19.8 Å². The average molecular weight is 341 g/mol. The average Bonchev–Trinajstić information content (AvgIpc) is 3.19. The molecule has 1 amide bonds. The Morgan fingerprint density at radius 2 is 2.17 bits per heavy atom. The Balaban J connectivity index is 1.82. The first kappa shape index (κ1) is 16.5. The molecule has 1 aromatic heterocycles. The Morgan fingerprint density at radius 3 is 2.83 bits per heavy atom. The van der Waals surface area contributed by atoms with E-state index in [1.54, 1.807) is 6.92 Å². The second-order valence-corrected chi connectivity index (χ2v) is 7.10. The maximum absolute atomic E-state index is 11.4. The number of carbonyl (C=O) groups is 1. The van der Waals surface area contributed by atoms with Crippen LogP contribution >= 0.6 is 11.8 Å². The minimum Gasteiger partial charge on any atom is -0.378 e. The molecule has 8 nitrogen and oxygen atoms in total. The molecule has 2 aliphatic heterocycles. The zero-order valence-corrected chi connectivity index (χ0v) is 14.1. The number of anilines is 1. The monoisotopic (exact) mass is 341 g/mol. The third-order valence-electron chi connectivity index (χ3n) is 4.08. The lowest BCUT2D eigenvalue weighted by molar-refractivity contribution is -0.117. The van der Waals surface area contributed by atoms with E-state index in [0.717, 1.165) is 38.5 Å². The fraction of sp³-hybridized carbons (Fsp3) is 0.786. The molecule has 0 saturated carbocycles. The summed E-state index contributed by atoms with van der Waals surface area (Å²) in [6.07, 6.45) is 2.30. The Morgan fingerprint density at radius 1 is 1.39 bits per heavy atom. The van der Waals surface area contributed by atoms with E-state index in [1.807, 2.05) is 0 Å². The van der Waals surface area contributed by atoms with Crippen molar-refractivity contribution >= 4 is 23.6 Å². The van der Waals surface area contributed by atoms with Crippen LogP contribution in [0.25, 0.3) is 0 Å². The molecule has 2 saturated heterocycles. The quantitative estimate of drug-likeness (QED) is 0.742. The van der Waals surface area contributed by atoms with Gasteiger partial charge in [-0.1, -0.05) is 11.8 Å². The molecule has 2 aliphatic rings. The van der Waals surface area contributed by atoms with Crippen molar-refractivity contribution in [3.63, 3.8) is 0 Å². The number of hydrogen-bond donors (Lipinski definition) is 1. The normalized spacial score (nSPS) is 23.2. The highest BCUT2D eigenvalue weighted by atomic mass is 32.2. The topological polar surface area (TPSA) is 95.5 Å². The summed E-state index contributed by atoms with van der Waals surface area (Å²) in [5.74, 6) is 0.470. The van der Waals surface area contributed by atoms with Crippen LogP contribution in [0.1, 0.15) is 19.8 Å². The van der Waals surface area contributed by atoms with Gasteiger partial charge in [-0.25, -0.2) is 0 Å². The molecule has 128 valence electrons. The Labute approximate surface area is 139 Å². The van der Waals surface area contributed by atoms with Crippen molar-refractivity contribution in [2.24, 2.45) is 5.73 Å². The first-order valence-corrected chi connectivity index (χ1v) is 8.86. The molecule has 23 heavy (non-hydrogen) atoms. The van der Waals surface area contributed by atoms with Crippen molar-refractivity contribution in [1.29, 1.82) is 0 Å². The summed E-state index contributed by atoms with van der Waals surface area (Å²) in [6, 6.07) is 0. The van der Waals surface area contributed by atoms with Gasteiger partial charge in [0.1, 0.15) is 0 Å². The molecule has 9 heteroatoms. The summed E-state index contributed by atoms with van der Waals surface area (Å²) in [7, 11) is 0. The fourth-order valence-electron chi connectivity index (χ4n) is 2.73. The number of nitrogens with zero attached hydrogens (tertiary/aromatic N) is 4. The third-order valence-corrected chi connectivity index (χ3v) is 5.18. The van der Waals surface area contributed by atoms with E-state index < -0.39 is 0 Å². The largest absolute Gasteiger partial charge is 0.378 e. The van der Waals surface area contributed by atoms with Crippen molar-refractivity contribution in [2.45, 2.75) is 42.8 Å². The Bertz CT molecular complexity index is 541. The van der Waals surface area contributed by atoms with Gasteiger partial charge in [-0.15, -0.1) is 10.2 Å². The number of hydrogen-bond acceptors (Lipinski definition) is 7. The van der Waals surface area contributed by atoms with Crippen LogP contribution < -0.4 is 10.6 Å². The number of ether oxygens (including phenoxy) is 2. The van der Waals surface area contributed by atoms with E-state index in [0.29, 0.717) is 24.9 Å². The molecule has 0 bridgehead atoms. The van der Waals surface area contributed by atoms with Gasteiger partial charge in [0.15, 0.2) is 5.16 Å². The molecule has 0 spiro atoms. The van der Waals surface area contributed by atoms with Crippen molar-refractivity contribution in [1.82, 2.24) is 14.8 Å². The van der Waals surface area contributed by atoms with Crippen LogP contribution in [0.15, 0.2) is 5.16 Å². The number of thioether (sulfide) groups is 1. The highest BCUT2D eigenvalue weighted by Crippen LogP contribution is 2.28. The number of aromatic nitrogens is 3. The predicted octanol–water partition coefficient (Wildman–Crippen LogP) is 0.260. The minimum absolute atomic E-state index is 0.175. The lowest BCUT2D eigenvalue weighted by Gasteiger charge is -2.28. The first-order valence-electron chi connectivity index (χ1n) is 7.98. The molecule has 0 radical (unpaired) electrons. The summed E-state index contributed by atoms with van der Waals surface area (Å²) in [5, 5.41) is 9.00. The van der Waals surface area contributed by atoms with E-state index in [4.69, 9.17) is 15.2 Å². The molecule has 1 aromatic rings. The van der Waals surface area contributed by atoms with Gasteiger partial charge in [0.25, 0.3) is 0 Å². The number of amides is 1. The maximum Gasteiger partial charge on any atom is 0.230 e. The first-order chi connectivity index (χ1) is 11.1. The highest BCUT2D eigenvalue weighted by Gasteiger charge is 2.26. The number of morpholine rings is 1. The molecule has 0 aliphatic carbocycles. The van der Waals surface area contributed by atoms with Crippen molar-refractivity contribution < 1.29 is 14.3 Å². The van der Waals surface area contributed by atoms with Gasteiger partial charge in [0, 0.05) is 19.7 Å². The molecule has 3 heterocycles. The molecular formula is C14H23N5O3S. The van der Waals surface area contributed by atoms with Gasteiger partial charge in [0.2, 0.25) is 11.9 Å². The highest BCUT2D eigenvalue weighted by molar-refractivity contribution is 8.00. The Kier molecular flexibility index (Phi) is 5.39. The summed E-state index contributed by atoms with van der Waals surface area (Å²) in [5.41, 5.74) is 5.38. The fourth-order valence-corrected chi connectivity index (χ4v) is 3.54. The number of nitrogens with two attached hydrogens (primary N) is 1. The smallest absolute Gasteiger partial charge is 0.230 e. The third kappa shape index (κ3) is 3.96. The second kappa shape index (κ2) is 7.50. The lowest BCUT2D eigenvalue weighted by Crippen LogP contribution is -2.38. The SMILES string of the molecule is C[C@@H](Sc1nnc(N2CCOCC2)n1C[C@@H]1CCCO1)C(N)=O. The van der Waals surface area contributed by atoms with Gasteiger partial charge >= 0.3 is 0 Å². The molecular weight excluding hydrogens is 318 g/mol. The zero-order chi connectivity index (χ0) is 16.2. The molecule has 2 atom stereocenters. The van der Waals surface area contributed by atoms with E-state index in [2.05, 4.69) is 19.7 Å². The van der Waals surface area contributed by atoms with Crippen LogP contribution in [-0.4, -0.2) is 64.9 Å². The lowest BCUT2D eigenvalue weighted by atomic mass is 10.2. The van der Waals surface area contributed by atoms with E-state index in [-0.39, 0.29) is 17.3 Å². The van der Waals surface area contributed by atoms with Crippen molar-refractivity contribution in [2.75, 3.05) is 37.8 Å². The van der Waals surface area contributed by atoms with Crippen LogP contribution in [0.3, 0.4) is 0 Å². The van der Waals surface area contributed by atoms with Gasteiger partial charge in [-0.3, -0.25) is 9.36 Å². The van der Waals surface area contributed by atoms with E-state index >= 15 is 0 Å². The number of carbonyl (C=O) groups excluding carboxylic acids is 1. The molecule has 2 fully saturated rings. The van der Waals surface area contributed by atoms with Crippen LogP contribution in [0.4, 0.5) is 5.95 Å². The molecule has 3 rings (SSSR count). The van der Waals surface area contributed by atoms with Crippen molar-refractivity contribution in [3.05, 3.63) is 0 Å². The minimum atomic E-state index is -0.352. The summed E-state index contributed by atoms with van der Waals surface area (Å²) in [6.45, 7) is 6.25. The Hall–Kier alpha value is -1.32. The zero-order valence-electron chi connectivity index (χ0n) is 13.3.